The van der Waals surface area contributed by atoms with Gasteiger partial charge in [-0.05, 0) is 31.2 Å². The molecule has 0 unspecified atom stereocenters. The highest BCUT2D eigenvalue weighted by molar-refractivity contribution is 5.93. The molecule has 1 saturated carbocycles. The van der Waals surface area contributed by atoms with E-state index in [1.807, 2.05) is 4.90 Å². The summed E-state index contributed by atoms with van der Waals surface area (Å²) in [5.74, 6) is 0.832. The molecular formula is C16H23N3O3. The maximum atomic E-state index is 12.4. The molecule has 1 atom stereocenters. The van der Waals surface area contributed by atoms with Gasteiger partial charge in [-0.3, -0.25) is 9.48 Å². The average molecular weight is 305 g/mol. The zero-order chi connectivity index (χ0) is 15.2. The highest BCUT2D eigenvalue weighted by atomic mass is 16.5. The molecule has 1 aromatic heterocycles. The van der Waals surface area contributed by atoms with Crippen LogP contribution in [0.5, 0.6) is 0 Å². The minimum atomic E-state index is -0.180. The third kappa shape index (κ3) is 2.65. The summed E-state index contributed by atoms with van der Waals surface area (Å²) in [6.45, 7) is 2.97. The molecule has 4 rings (SSSR count). The lowest BCUT2D eigenvalue weighted by molar-refractivity contribution is -0.186. The summed E-state index contributed by atoms with van der Waals surface area (Å²) in [5.41, 5.74) is 0.452. The van der Waals surface area contributed by atoms with Gasteiger partial charge in [-0.2, -0.15) is 5.10 Å². The number of carbonyl (C=O) groups is 1. The smallest absolute Gasteiger partial charge is 0.272 e. The molecule has 1 spiro atoms. The second-order valence-electron chi connectivity index (χ2n) is 6.92. The molecule has 120 valence electrons. The number of carbonyl (C=O) groups excluding carboxylic acids is 1. The standard InChI is InChI=1S/C16H23N3O3/c1-18-14(4-6-17-18)15(20)19-10-16(11-19)8-13(5-7-22-16)21-9-12-2-3-12/h4,6,12-13H,2-3,5,7-11H2,1H3/t13-/m1/s1. The van der Waals surface area contributed by atoms with Crippen molar-refractivity contribution in [3.8, 4) is 0 Å². The fraction of sp³-hybridized carbons (Fsp3) is 0.750. The first-order valence-electron chi connectivity index (χ1n) is 8.18. The van der Waals surface area contributed by atoms with E-state index >= 15 is 0 Å². The summed E-state index contributed by atoms with van der Waals surface area (Å²) < 4.78 is 13.6. The second kappa shape index (κ2) is 5.35. The maximum absolute atomic E-state index is 12.4. The van der Waals surface area contributed by atoms with Crippen molar-refractivity contribution in [3.63, 3.8) is 0 Å². The summed E-state index contributed by atoms with van der Waals surface area (Å²) in [5, 5.41) is 4.06. The van der Waals surface area contributed by atoms with E-state index in [1.165, 1.54) is 12.8 Å². The quantitative estimate of drug-likeness (QED) is 0.839. The third-order valence-electron chi connectivity index (χ3n) is 5.00. The number of aryl methyl sites for hydroxylation is 1. The molecule has 6 nitrogen and oxygen atoms in total. The fourth-order valence-electron chi connectivity index (χ4n) is 3.44. The first-order valence-corrected chi connectivity index (χ1v) is 8.18. The van der Waals surface area contributed by atoms with Crippen molar-refractivity contribution in [2.75, 3.05) is 26.3 Å². The van der Waals surface area contributed by atoms with Crippen LogP contribution < -0.4 is 0 Å². The van der Waals surface area contributed by atoms with E-state index in [4.69, 9.17) is 9.47 Å². The molecule has 2 saturated heterocycles. The van der Waals surface area contributed by atoms with E-state index in [-0.39, 0.29) is 11.5 Å². The molecule has 0 aromatic carbocycles. The first kappa shape index (κ1) is 14.2. The lowest BCUT2D eigenvalue weighted by Gasteiger charge is -2.52. The first-order chi connectivity index (χ1) is 10.7. The molecule has 3 aliphatic rings. The SMILES string of the molecule is Cn1nccc1C(=O)N1CC2(C[C@H](OCC3CC3)CCO2)C1. The number of ether oxygens (including phenoxy) is 2. The molecular weight excluding hydrogens is 282 g/mol. The fourth-order valence-corrected chi connectivity index (χ4v) is 3.44. The Morgan fingerprint density at radius 1 is 1.45 bits per heavy atom. The lowest BCUT2D eigenvalue weighted by atomic mass is 9.84. The Morgan fingerprint density at radius 2 is 2.27 bits per heavy atom. The van der Waals surface area contributed by atoms with Crippen molar-refractivity contribution < 1.29 is 14.3 Å². The number of likely N-dealkylation sites (tertiary alicyclic amines) is 1. The second-order valence-corrected chi connectivity index (χ2v) is 6.92. The molecule has 6 heteroatoms. The van der Waals surface area contributed by atoms with Gasteiger partial charge in [0.25, 0.3) is 5.91 Å². The van der Waals surface area contributed by atoms with Gasteiger partial charge in [0.05, 0.1) is 19.2 Å². The Morgan fingerprint density at radius 3 is 2.95 bits per heavy atom. The van der Waals surface area contributed by atoms with Crippen molar-refractivity contribution in [2.24, 2.45) is 13.0 Å². The van der Waals surface area contributed by atoms with Gasteiger partial charge in [0, 0.05) is 32.9 Å². The lowest BCUT2D eigenvalue weighted by Crippen LogP contribution is -2.67. The molecule has 0 bridgehead atoms. The van der Waals surface area contributed by atoms with Gasteiger partial charge >= 0.3 is 0 Å². The summed E-state index contributed by atoms with van der Waals surface area (Å²) in [7, 11) is 1.79. The molecule has 1 aliphatic carbocycles. The summed E-state index contributed by atoms with van der Waals surface area (Å²) in [6, 6.07) is 1.76. The monoisotopic (exact) mass is 305 g/mol. The van der Waals surface area contributed by atoms with E-state index in [1.54, 1.807) is 24.0 Å². The van der Waals surface area contributed by atoms with E-state index in [2.05, 4.69) is 5.10 Å². The predicted octanol–water partition coefficient (Wildman–Crippen LogP) is 1.22. The summed E-state index contributed by atoms with van der Waals surface area (Å²) in [6.07, 6.45) is 6.48. The van der Waals surface area contributed by atoms with Gasteiger partial charge in [-0.15, -0.1) is 0 Å². The number of nitrogens with zero attached hydrogens (tertiary/aromatic N) is 3. The van der Waals surface area contributed by atoms with E-state index in [9.17, 15) is 4.79 Å². The van der Waals surface area contributed by atoms with Crippen LogP contribution >= 0.6 is 0 Å². The van der Waals surface area contributed by atoms with Crippen molar-refractivity contribution in [1.82, 2.24) is 14.7 Å². The molecule has 2 aliphatic heterocycles. The number of hydrogen-bond acceptors (Lipinski definition) is 4. The Labute approximate surface area is 130 Å². The summed E-state index contributed by atoms with van der Waals surface area (Å²) in [4.78, 5) is 14.3. The normalized spacial score (nSPS) is 27.0. The van der Waals surface area contributed by atoms with Gasteiger partial charge < -0.3 is 14.4 Å². The van der Waals surface area contributed by atoms with Gasteiger partial charge in [0.2, 0.25) is 0 Å². The molecule has 22 heavy (non-hydrogen) atoms. The van der Waals surface area contributed by atoms with Gasteiger partial charge in [0.15, 0.2) is 0 Å². The van der Waals surface area contributed by atoms with Crippen LogP contribution in [0.15, 0.2) is 12.3 Å². The highest BCUT2D eigenvalue weighted by Gasteiger charge is 2.50. The third-order valence-corrected chi connectivity index (χ3v) is 5.00. The predicted molar refractivity (Wildman–Crippen MR) is 79.5 cm³/mol. The minimum absolute atomic E-state index is 0.0373. The molecule has 3 fully saturated rings. The number of rotatable bonds is 4. The number of amides is 1. The molecule has 0 radical (unpaired) electrons. The Kier molecular flexibility index (Phi) is 3.46. The van der Waals surface area contributed by atoms with Crippen LogP contribution in [0.4, 0.5) is 0 Å². The average Bonchev–Trinajstić information content (AvgIpc) is 3.22. The topological polar surface area (TPSA) is 56.6 Å². The molecule has 3 heterocycles. The molecule has 1 amide bonds. The maximum Gasteiger partial charge on any atom is 0.272 e. The Balaban J connectivity index is 1.32. The van der Waals surface area contributed by atoms with Gasteiger partial charge in [-0.25, -0.2) is 0 Å². The van der Waals surface area contributed by atoms with Crippen LogP contribution in [-0.2, 0) is 16.5 Å². The van der Waals surface area contributed by atoms with Crippen molar-refractivity contribution in [1.29, 1.82) is 0 Å². The van der Waals surface area contributed by atoms with Crippen LogP contribution in [0, 0.1) is 5.92 Å². The molecule has 0 N–H and O–H groups in total. The van der Waals surface area contributed by atoms with Crippen LogP contribution in [0.3, 0.4) is 0 Å². The van der Waals surface area contributed by atoms with E-state index in [0.29, 0.717) is 24.9 Å². The number of hydrogen-bond donors (Lipinski definition) is 0. The minimum Gasteiger partial charge on any atom is -0.378 e. The largest absolute Gasteiger partial charge is 0.378 e. The molecule has 1 aromatic rings. The van der Waals surface area contributed by atoms with Crippen molar-refractivity contribution >= 4 is 5.91 Å². The van der Waals surface area contributed by atoms with Crippen LogP contribution in [-0.4, -0.2) is 58.6 Å². The Bertz CT molecular complexity index is 561. The van der Waals surface area contributed by atoms with Gasteiger partial charge in [0.1, 0.15) is 11.3 Å². The van der Waals surface area contributed by atoms with E-state index < -0.39 is 0 Å². The van der Waals surface area contributed by atoms with Crippen LogP contribution in [0.2, 0.25) is 0 Å². The summed E-state index contributed by atoms with van der Waals surface area (Å²) >= 11 is 0. The Hall–Kier alpha value is -1.40. The van der Waals surface area contributed by atoms with Crippen LogP contribution in [0.25, 0.3) is 0 Å². The van der Waals surface area contributed by atoms with Crippen molar-refractivity contribution in [2.45, 2.75) is 37.4 Å². The van der Waals surface area contributed by atoms with Crippen molar-refractivity contribution in [3.05, 3.63) is 18.0 Å². The zero-order valence-corrected chi connectivity index (χ0v) is 13.0. The van der Waals surface area contributed by atoms with Gasteiger partial charge in [-0.1, -0.05) is 0 Å². The highest BCUT2D eigenvalue weighted by Crippen LogP contribution is 2.37. The van der Waals surface area contributed by atoms with E-state index in [0.717, 1.165) is 32.0 Å². The zero-order valence-electron chi connectivity index (χ0n) is 13.0. The number of aromatic nitrogens is 2. The van der Waals surface area contributed by atoms with Crippen LogP contribution in [0.1, 0.15) is 36.2 Å².